The van der Waals surface area contributed by atoms with Crippen LogP contribution in [0.1, 0.15) is 18.2 Å². The highest BCUT2D eigenvalue weighted by Gasteiger charge is 2.09. The predicted octanol–water partition coefficient (Wildman–Crippen LogP) is 3.16. The molecule has 0 aliphatic rings. The summed E-state index contributed by atoms with van der Waals surface area (Å²) >= 11 is 0. The maximum absolute atomic E-state index is 5.94. The molecule has 0 fully saturated rings. The van der Waals surface area contributed by atoms with Gasteiger partial charge in [-0.25, -0.2) is 0 Å². The monoisotopic (exact) mass is 261 g/mol. The van der Waals surface area contributed by atoms with Gasteiger partial charge in [0.2, 0.25) is 0 Å². The van der Waals surface area contributed by atoms with Crippen LogP contribution in [-0.4, -0.2) is 26.8 Å². The van der Waals surface area contributed by atoms with Crippen LogP contribution in [0.25, 0.3) is 11.0 Å². The normalized spacial score (nSPS) is 13.0. The van der Waals surface area contributed by atoms with Gasteiger partial charge in [-0.1, -0.05) is 25.1 Å². The second kappa shape index (κ2) is 6.73. The fraction of sp³-hybridized carbons (Fsp3) is 0.500. The van der Waals surface area contributed by atoms with E-state index < -0.39 is 0 Å². The minimum Gasteiger partial charge on any atom is -0.461 e. The van der Waals surface area contributed by atoms with Crippen LogP contribution in [-0.2, 0) is 11.2 Å². The van der Waals surface area contributed by atoms with Crippen molar-refractivity contribution < 1.29 is 9.15 Å². The van der Waals surface area contributed by atoms with Crippen LogP contribution in [0.5, 0.6) is 0 Å². The summed E-state index contributed by atoms with van der Waals surface area (Å²) in [6, 6.07) is 8.43. The van der Waals surface area contributed by atoms with E-state index in [2.05, 4.69) is 43.4 Å². The molecule has 19 heavy (non-hydrogen) atoms. The van der Waals surface area contributed by atoms with Crippen molar-refractivity contribution in [2.45, 2.75) is 20.3 Å². The molecule has 1 aromatic carbocycles. The van der Waals surface area contributed by atoms with Crippen molar-refractivity contribution in [1.29, 1.82) is 0 Å². The number of furan rings is 1. The van der Waals surface area contributed by atoms with Crippen molar-refractivity contribution in [2.75, 3.05) is 26.8 Å². The molecule has 1 aromatic heterocycles. The number of benzene rings is 1. The van der Waals surface area contributed by atoms with Crippen molar-refractivity contribution in [2.24, 2.45) is 5.92 Å². The van der Waals surface area contributed by atoms with Gasteiger partial charge in [0.05, 0.1) is 6.61 Å². The number of methoxy groups -OCH3 is 1. The average Bonchev–Trinajstić information content (AvgIpc) is 2.79. The van der Waals surface area contributed by atoms with Gasteiger partial charge in [0, 0.05) is 25.5 Å². The molecule has 1 heterocycles. The maximum Gasteiger partial charge on any atom is 0.137 e. The number of aryl methyl sites for hydroxylation is 1. The average molecular weight is 261 g/mol. The van der Waals surface area contributed by atoms with Crippen LogP contribution in [0.3, 0.4) is 0 Å². The quantitative estimate of drug-likeness (QED) is 0.777. The molecule has 0 saturated carbocycles. The molecule has 1 unspecified atom stereocenters. The molecule has 3 nitrogen and oxygen atoms in total. The van der Waals surface area contributed by atoms with Crippen LogP contribution in [0.2, 0.25) is 0 Å². The van der Waals surface area contributed by atoms with E-state index in [1.54, 1.807) is 7.11 Å². The molecule has 0 bridgehead atoms. The van der Waals surface area contributed by atoms with E-state index >= 15 is 0 Å². The third kappa shape index (κ3) is 3.82. The van der Waals surface area contributed by atoms with Gasteiger partial charge in [-0.15, -0.1) is 0 Å². The largest absolute Gasteiger partial charge is 0.461 e. The van der Waals surface area contributed by atoms with E-state index in [4.69, 9.17) is 9.15 Å². The minimum atomic E-state index is 0.553. The lowest BCUT2D eigenvalue weighted by molar-refractivity contribution is 0.198. The van der Waals surface area contributed by atoms with Gasteiger partial charge >= 0.3 is 0 Å². The summed E-state index contributed by atoms with van der Waals surface area (Å²) in [7, 11) is 1.72. The first kappa shape index (κ1) is 14.1. The SMILES string of the molecule is COCCNCC(C)Cc1cc2cccc(C)c2o1. The zero-order chi connectivity index (χ0) is 13.7. The molecule has 0 saturated heterocycles. The molecule has 1 N–H and O–H groups in total. The second-order valence-electron chi connectivity index (χ2n) is 5.21. The van der Waals surface area contributed by atoms with Crippen LogP contribution in [0.15, 0.2) is 28.7 Å². The van der Waals surface area contributed by atoms with Gasteiger partial charge in [0.25, 0.3) is 0 Å². The molecule has 3 heteroatoms. The molecule has 2 aromatic rings. The number of rotatable bonds is 7. The maximum atomic E-state index is 5.94. The number of fused-ring (bicyclic) bond motifs is 1. The van der Waals surface area contributed by atoms with Crippen molar-refractivity contribution in [3.63, 3.8) is 0 Å². The topological polar surface area (TPSA) is 34.4 Å². The Morgan fingerprint density at radius 3 is 2.95 bits per heavy atom. The number of nitrogens with one attached hydrogen (secondary N) is 1. The predicted molar refractivity (Wildman–Crippen MR) is 78.6 cm³/mol. The number of hydrogen-bond acceptors (Lipinski definition) is 3. The van der Waals surface area contributed by atoms with Crippen molar-refractivity contribution in [3.8, 4) is 0 Å². The van der Waals surface area contributed by atoms with Crippen LogP contribution in [0, 0.1) is 12.8 Å². The lowest BCUT2D eigenvalue weighted by Crippen LogP contribution is -2.25. The first-order valence-corrected chi connectivity index (χ1v) is 6.88. The molecule has 0 aliphatic heterocycles. The minimum absolute atomic E-state index is 0.553. The number of para-hydroxylation sites is 1. The van der Waals surface area contributed by atoms with Gasteiger partial charge in [0.1, 0.15) is 11.3 Å². The Hall–Kier alpha value is -1.32. The summed E-state index contributed by atoms with van der Waals surface area (Å²) < 4.78 is 11.0. The van der Waals surface area contributed by atoms with E-state index in [-0.39, 0.29) is 0 Å². The van der Waals surface area contributed by atoms with Gasteiger partial charge in [-0.3, -0.25) is 0 Å². The Kier molecular flexibility index (Phi) is 5.00. The molecular formula is C16H23NO2. The highest BCUT2D eigenvalue weighted by molar-refractivity contribution is 5.80. The van der Waals surface area contributed by atoms with E-state index in [0.29, 0.717) is 5.92 Å². The highest BCUT2D eigenvalue weighted by atomic mass is 16.5. The van der Waals surface area contributed by atoms with E-state index in [1.165, 1.54) is 10.9 Å². The lowest BCUT2D eigenvalue weighted by atomic mass is 10.1. The second-order valence-corrected chi connectivity index (χ2v) is 5.21. The van der Waals surface area contributed by atoms with Gasteiger partial charge in [0.15, 0.2) is 0 Å². The molecule has 0 spiro atoms. The van der Waals surface area contributed by atoms with Gasteiger partial charge in [-0.2, -0.15) is 0 Å². The lowest BCUT2D eigenvalue weighted by Gasteiger charge is -2.10. The summed E-state index contributed by atoms with van der Waals surface area (Å²) in [5.41, 5.74) is 2.23. The fourth-order valence-corrected chi connectivity index (χ4v) is 2.30. The standard InChI is InChI=1S/C16H23NO2/c1-12(11-17-7-8-18-3)9-15-10-14-6-4-5-13(2)16(14)19-15/h4-6,10,12,17H,7-9,11H2,1-3H3. The van der Waals surface area contributed by atoms with Crippen LogP contribution in [0.4, 0.5) is 0 Å². The van der Waals surface area contributed by atoms with E-state index in [1.807, 2.05) is 0 Å². The summed E-state index contributed by atoms with van der Waals surface area (Å²) in [6.07, 6.45) is 0.966. The smallest absolute Gasteiger partial charge is 0.137 e. The Morgan fingerprint density at radius 2 is 2.21 bits per heavy atom. The summed E-state index contributed by atoms with van der Waals surface area (Å²) in [5, 5.41) is 4.59. The van der Waals surface area contributed by atoms with Crippen molar-refractivity contribution in [3.05, 3.63) is 35.6 Å². The molecule has 0 amide bonds. The Bertz CT molecular complexity index is 518. The van der Waals surface area contributed by atoms with E-state index in [0.717, 1.165) is 37.5 Å². The third-order valence-corrected chi connectivity index (χ3v) is 3.32. The van der Waals surface area contributed by atoms with Crippen molar-refractivity contribution >= 4 is 11.0 Å². The van der Waals surface area contributed by atoms with Crippen LogP contribution >= 0.6 is 0 Å². The first-order chi connectivity index (χ1) is 9.20. The molecule has 0 radical (unpaired) electrons. The molecule has 2 rings (SSSR count). The zero-order valence-electron chi connectivity index (χ0n) is 12.0. The molecule has 0 aliphatic carbocycles. The first-order valence-electron chi connectivity index (χ1n) is 6.88. The third-order valence-electron chi connectivity index (χ3n) is 3.32. The summed E-state index contributed by atoms with van der Waals surface area (Å²) in [5.74, 6) is 1.63. The summed E-state index contributed by atoms with van der Waals surface area (Å²) in [6.45, 7) is 6.97. The zero-order valence-corrected chi connectivity index (χ0v) is 12.0. The van der Waals surface area contributed by atoms with Crippen LogP contribution < -0.4 is 5.32 Å². The molecular weight excluding hydrogens is 238 g/mol. The Labute approximate surface area is 114 Å². The molecule has 104 valence electrons. The number of hydrogen-bond donors (Lipinski definition) is 1. The van der Waals surface area contributed by atoms with Gasteiger partial charge in [-0.05, 0) is 31.0 Å². The van der Waals surface area contributed by atoms with Gasteiger partial charge < -0.3 is 14.5 Å². The Morgan fingerprint density at radius 1 is 1.37 bits per heavy atom. The number of ether oxygens (including phenoxy) is 1. The fourth-order valence-electron chi connectivity index (χ4n) is 2.30. The Balaban J connectivity index is 1.92. The molecule has 1 atom stereocenters. The summed E-state index contributed by atoms with van der Waals surface area (Å²) in [4.78, 5) is 0. The van der Waals surface area contributed by atoms with E-state index in [9.17, 15) is 0 Å². The highest BCUT2D eigenvalue weighted by Crippen LogP contribution is 2.24. The van der Waals surface area contributed by atoms with Crippen molar-refractivity contribution in [1.82, 2.24) is 5.32 Å².